The van der Waals surface area contributed by atoms with E-state index in [4.69, 9.17) is 4.74 Å². The minimum Gasteiger partial charge on any atom is -0.378 e. The van der Waals surface area contributed by atoms with E-state index in [1.807, 2.05) is 0 Å². The second-order valence-corrected chi connectivity index (χ2v) is 6.28. The van der Waals surface area contributed by atoms with Crippen LogP contribution in [0.5, 0.6) is 0 Å². The van der Waals surface area contributed by atoms with Crippen LogP contribution in [-0.2, 0) is 4.74 Å². The molecule has 2 aliphatic rings. The highest BCUT2D eigenvalue weighted by molar-refractivity contribution is 6.00. The number of non-ortho nitro benzene ring substituents is 1. The Bertz CT molecular complexity index is 638. The van der Waals surface area contributed by atoms with Gasteiger partial charge in [-0.3, -0.25) is 14.9 Å². The van der Waals surface area contributed by atoms with E-state index in [1.54, 1.807) is 11.0 Å². The summed E-state index contributed by atoms with van der Waals surface area (Å²) in [6.45, 7) is 8.61. The number of amides is 1. The third-order valence-electron chi connectivity index (χ3n) is 4.88. The number of nitrogens with zero attached hydrogens (tertiary/aromatic N) is 4. The van der Waals surface area contributed by atoms with E-state index >= 15 is 0 Å². The van der Waals surface area contributed by atoms with Crippen molar-refractivity contribution >= 4 is 17.3 Å². The molecular formula is C17H24N4O4. The molecule has 0 bridgehead atoms. The topological polar surface area (TPSA) is 79.2 Å². The fourth-order valence-corrected chi connectivity index (χ4v) is 3.33. The number of nitro groups is 1. The fraction of sp³-hybridized carbons (Fsp3) is 0.588. The quantitative estimate of drug-likeness (QED) is 0.601. The van der Waals surface area contributed by atoms with Crippen molar-refractivity contribution in [1.82, 2.24) is 9.80 Å². The lowest BCUT2D eigenvalue weighted by atomic mass is 10.1. The van der Waals surface area contributed by atoms with Crippen molar-refractivity contribution < 1.29 is 14.5 Å². The molecule has 0 saturated carbocycles. The highest BCUT2D eigenvalue weighted by Gasteiger charge is 2.27. The Morgan fingerprint density at radius 3 is 2.44 bits per heavy atom. The monoisotopic (exact) mass is 348 g/mol. The Hall–Kier alpha value is -2.19. The van der Waals surface area contributed by atoms with Crippen molar-refractivity contribution in [1.29, 1.82) is 0 Å². The summed E-state index contributed by atoms with van der Waals surface area (Å²) in [5.41, 5.74) is 1.13. The molecule has 2 saturated heterocycles. The zero-order valence-electron chi connectivity index (χ0n) is 14.5. The van der Waals surface area contributed by atoms with Crippen molar-refractivity contribution in [3.05, 3.63) is 33.9 Å². The van der Waals surface area contributed by atoms with Gasteiger partial charge >= 0.3 is 0 Å². The third-order valence-corrected chi connectivity index (χ3v) is 4.88. The average Bonchev–Trinajstić information content (AvgIpc) is 2.67. The minimum atomic E-state index is -0.450. The van der Waals surface area contributed by atoms with Gasteiger partial charge in [0.25, 0.3) is 11.6 Å². The molecule has 8 heteroatoms. The lowest BCUT2D eigenvalue weighted by Crippen LogP contribution is -2.48. The Balaban J connectivity index is 1.87. The number of ether oxygens (including phenoxy) is 1. The van der Waals surface area contributed by atoms with Crippen LogP contribution in [0.25, 0.3) is 0 Å². The molecule has 1 amide bonds. The highest BCUT2D eigenvalue weighted by Crippen LogP contribution is 2.28. The first-order valence-corrected chi connectivity index (χ1v) is 8.73. The zero-order chi connectivity index (χ0) is 17.8. The highest BCUT2D eigenvalue weighted by atomic mass is 16.6. The Labute approximate surface area is 147 Å². The molecule has 2 heterocycles. The third kappa shape index (κ3) is 3.91. The first-order valence-electron chi connectivity index (χ1n) is 8.73. The van der Waals surface area contributed by atoms with E-state index in [1.165, 1.54) is 12.1 Å². The van der Waals surface area contributed by atoms with Gasteiger partial charge in [-0.15, -0.1) is 0 Å². The summed E-state index contributed by atoms with van der Waals surface area (Å²) < 4.78 is 5.37. The van der Waals surface area contributed by atoms with Gasteiger partial charge in [0.05, 0.1) is 29.4 Å². The summed E-state index contributed by atoms with van der Waals surface area (Å²) >= 11 is 0. The average molecular weight is 348 g/mol. The summed E-state index contributed by atoms with van der Waals surface area (Å²) in [5, 5.41) is 11.2. The largest absolute Gasteiger partial charge is 0.378 e. The maximum atomic E-state index is 13.1. The van der Waals surface area contributed by atoms with Crippen molar-refractivity contribution in [2.45, 2.75) is 6.92 Å². The van der Waals surface area contributed by atoms with E-state index in [-0.39, 0.29) is 11.6 Å². The lowest BCUT2D eigenvalue weighted by Gasteiger charge is -2.35. The lowest BCUT2D eigenvalue weighted by molar-refractivity contribution is -0.384. The van der Waals surface area contributed by atoms with Crippen LogP contribution in [0.3, 0.4) is 0 Å². The van der Waals surface area contributed by atoms with Gasteiger partial charge in [0.15, 0.2) is 0 Å². The summed E-state index contributed by atoms with van der Waals surface area (Å²) in [5.74, 6) is -0.124. The minimum absolute atomic E-state index is 0.0486. The molecule has 0 atom stereocenters. The van der Waals surface area contributed by atoms with E-state index < -0.39 is 4.92 Å². The fourth-order valence-electron chi connectivity index (χ4n) is 3.33. The van der Waals surface area contributed by atoms with Crippen LogP contribution >= 0.6 is 0 Å². The molecule has 0 spiro atoms. The molecule has 0 unspecified atom stereocenters. The normalized spacial score (nSPS) is 19.1. The molecular weight excluding hydrogens is 324 g/mol. The van der Waals surface area contributed by atoms with E-state index in [0.29, 0.717) is 45.0 Å². The van der Waals surface area contributed by atoms with Crippen molar-refractivity contribution in [2.75, 3.05) is 63.9 Å². The number of benzene rings is 1. The first kappa shape index (κ1) is 17.6. The van der Waals surface area contributed by atoms with Crippen molar-refractivity contribution in [2.24, 2.45) is 0 Å². The van der Waals surface area contributed by atoms with Crippen LogP contribution in [0.4, 0.5) is 11.4 Å². The van der Waals surface area contributed by atoms with Gasteiger partial charge in [0.1, 0.15) is 0 Å². The second-order valence-electron chi connectivity index (χ2n) is 6.28. The number of likely N-dealkylation sites (N-methyl/N-ethyl adjacent to an activating group) is 1. The second kappa shape index (κ2) is 7.79. The molecule has 8 nitrogen and oxygen atoms in total. The molecule has 0 aliphatic carbocycles. The summed E-state index contributed by atoms with van der Waals surface area (Å²) in [6, 6.07) is 4.58. The molecule has 136 valence electrons. The number of hydrogen-bond acceptors (Lipinski definition) is 6. The number of anilines is 1. The van der Waals surface area contributed by atoms with Crippen molar-refractivity contribution in [3.63, 3.8) is 0 Å². The van der Waals surface area contributed by atoms with Gasteiger partial charge in [-0.25, -0.2) is 0 Å². The standard InChI is InChI=1S/C17H24N4O4/c1-2-18-5-7-20(8-6-18)17(22)15-13-14(21(23)24)3-4-16(15)19-9-11-25-12-10-19/h3-4,13H,2,5-12H2,1H3. The smallest absolute Gasteiger partial charge is 0.270 e. The number of piperazine rings is 1. The van der Waals surface area contributed by atoms with Crippen molar-refractivity contribution in [3.8, 4) is 0 Å². The molecule has 0 N–H and O–H groups in total. The van der Waals surface area contributed by atoms with Gasteiger partial charge in [-0.1, -0.05) is 6.92 Å². The molecule has 3 rings (SSSR count). The van der Waals surface area contributed by atoms with Gasteiger partial charge in [0.2, 0.25) is 0 Å². The molecule has 2 aliphatic heterocycles. The summed E-state index contributed by atoms with van der Waals surface area (Å²) in [7, 11) is 0. The van der Waals surface area contributed by atoms with Gasteiger partial charge in [0, 0.05) is 51.4 Å². The predicted octanol–water partition coefficient (Wildman–Crippen LogP) is 1.21. The molecule has 2 fully saturated rings. The van der Waals surface area contributed by atoms with Crippen LogP contribution in [0.2, 0.25) is 0 Å². The number of nitro benzene ring substituents is 1. The molecule has 1 aromatic carbocycles. The first-order chi connectivity index (χ1) is 12.1. The molecule has 0 radical (unpaired) electrons. The van der Waals surface area contributed by atoms with Crippen LogP contribution < -0.4 is 4.90 Å². The number of rotatable bonds is 4. The SMILES string of the molecule is CCN1CCN(C(=O)c2cc([N+](=O)[O-])ccc2N2CCOCC2)CC1. The Morgan fingerprint density at radius 1 is 1.16 bits per heavy atom. The van der Waals surface area contributed by atoms with Crippen LogP contribution in [0, 0.1) is 10.1 Å². The van der Waals surface area contributed by atoms with E-state index in [2.05, 4.69) is 16.7 Å². The number of carbonyl (C=O) groups is 1. The van der Waals surface area contributed by atoms with Crippen LogP contribution in [0.1, 0.15) is 17.3 Å². The zero-order valence-corrected chi connectivity index (χ0v) is 14.5. The maximum absolute atomic E-state index is 13.1. The van der Waals surface area contributed by atoms with E-state index in [0.717, 1.165) is 25.3 Å². The Kier molecular flexibility index (Phi) is 5.50. The van der Waals surface area contributed by atoms with Crippen LogP contribution in [0.15, 0.2) is 18.2 Å². The van der Waals surface area contributed by atoms with Gasteiger partial charge in [-0.05, 0) is 12.6 Å². The summed E-state index contributed by atoms with van der Waals surface area (Å²) in [4.78, 5) is 29.9. The number of hydrogen-bond donors (Lipinski definition) is 0. The van der Waals surface area contributed by atoms with Crippen LogP contribution in [-0.4, -0.2) is 79.7 Å². The number of morpholine rings is 1. The summed E-state index contributed by atoms with van der Waals surface area (Å²) in [6.07, 6.45) is 0. The van der Waals surface area contributed by atoms with E-state index in [9.17, 15) is 14.9 Å². The Morgan fingerprint density at radius 2 is 1.84 bits per heavy atom. The predicted molar refractivity (Wildman–Crippen MR) is 94.1 cm³/mol. The maximum Gasteiger partial charge on any atom is 0.270 e. The number of carbonyl (C=O) groups excluding carboxylic acids is 1. The molecule has 25 heavy (non-hydrogen) atoms. The molecule has 0 aromatic heterocycles. The van der Waals surface area contributed by atoms with Gasteiger partial charge in [-0.2, -0.15) is 0 Å². The van der Waals surface area contributed by atoms with Gasteiger partial charge < -0.3 is 19.4 Å². The molecule has 1 aromatic rings.